The Morgan fingerprint density at radius 3 is 2.93 bits per heavy atom. The minimum absolute atomic E-state index is 0.0745. The predicted octanol–water partition coefficient (Wildman–Crippen LogP) is 1.77. The van der Waals surface area contributed by atoms with Crippen molar-refractivity contribution in [3.63, 3.8) is 0 Å². The average Bonchev–Trinajstić information content (AvgIpc) is 2.65. The molecule has 0 saturated carbocycles. The number of aliphatic hydroxyl groups is 1. The molecule has 0 radical (unpaired) electrons. The number of anilines is 1. The van der Waals surface area contributed by atoms with E-state index in [4.69, 9.17) is 4.74 Å². The summed E-state index contributed by atoms with van der Waals surface area (Å²) in [5.41, 5.74) is 1.96. The Morgan fingerprint density at radius 1 is 1.47 bits per heavy atom. The lowest BCUT2D eigenvalue weighted by Gasteiger charge is -2.19. The van der Waals surface area contributed by atoms with Gasteiger partial charge in [-0.15, -0.1) is 0 Å². The van der Waals surface area contributed by atoms with Gasteiger partial charge in [0.25, 0.3) is 0 Å². The van der Waals surface area contributed by atoms with Crippen LogP contribution in [0.5, 0.6) is 0 Å². The highest BCUT2D eigenvalue weighted by atomic mass is 16.5. The number of hydrogen-bond acceptors (Lipinski definition) is 3. The summed E-state index contributed by atoms with van der Waals surface area (Å²) in [6.07, 6.45) is 1.28. The fraction of sp³-hybridized carbons (Fsp3) is 0.500. The predicted molar refractivity (Wildman–Crippen MR) is 59.8 cm³/mol. The molecule has 1 aromatic rings. The van der Waals surface area contributed by atoms with E-state index < -0.39 is 0 Å². The molecule has 3 heteroatoms. The minimum atomic E-state index is 0.0745. The van der Waals surface area contributed by atoms with Crippen LogP contribution in [-0.4, -0.2) is 23.9 Å². The quantitative estimate of drug-likeness (QED) is 0.793. The Kier molecular flexibility index (Phi) is 3.23. The van der Waals surface area contributed by atoms with Crippen molar-refractivity contribution in [2.75, 3.05) is 11.9 Å². The third-order valence-corrected chi connectivity index (χ3v) is 2.90. The minimum Gasteiger partial charge on any atom is -0.392 e. The van der Waals surface area contributed by atoms with E-state index in [1.807, 2.05) is 24.3 Å². The smallest absolute Gasteiger partial charge is 0.0748 e. The van der Waals surface area contributed by atoms with E-state index >= 15 is 0 Å². The summed E-state index contributed by atoms with van der Waals surface area (Å²) < 4.78 is 5.49. The fourth-order valence-electron chi connectivity index (χ4n) is 1.92. The molecular formula is C12H17NO2. The zero-order chi connectivity index (χ0) is 10.7. The average molecular weight is 207 g/mol. The number of ether oxygens (including phenoxy) is 1. The van der Waals surface area contributed by atoms with Gasteiger partial charge >= 0.3 is 0 Å². The number of nitrogens with one attached hydrogen (secondary N) is 1. The van der Waals surface area contributed by atoms with Crippen LogP contribution in [-0.2, 0) is 11.3 Å². The third-order valence-electron chi connectivity index (χ3n) is 2.90. The van der Waals surface area contributed by atoms with Gasteiger partial charge in [-0.1, -0.05) is 18.2 Å². The van der Waals surface area contributed by atoms with Crippen molar-refractivity contribution in [1.82, 2.24) is 0 Å². The van der Waals surface area contributed by atoms with Crippen molar-refractivity contribution in [3.05, 3.63) is 29.8 Å². The second kappa shape index (κ2) is 4.64. The fourth-order valence-corrected chi connectivity index (χ4v) is 1.92. The zero-order valence-corrected chi connectivity index (χ0v) is 8.94. The molecule has 0 bridgehead atoms. The Hall–Kier alpha value is -1.06. The van der Waals surface area contributed by atoms with E-state index in [1.54, 1.807) is 0 Å². The van der Waals surface area contributed by atoms with Gasteiger partial charge in [0.05, 0.1) is 18.8 Å². The molecule has 82 valence electrons. The first-order valence-corrected chi connectivity index (χ1v) is 5.38. The summed E-state index contributed by atoms with van der Waals surface area (Å²) in [5.74, 6) is 0. The standard InChI is InChI=1S/C12H17NO2/c1-9-11(6-7-15-9)13-12-5-3-2-4-10(12)8-14/h2-5,9,11,13-14H,6-8H2,1H3/t9-,11+/m1/s1. The molecule has 0 aromatic heterocycles. The highest BCUT2D eigenvalue weighted by molar-refractivity contribution is 5.51. The molecule has 2 atom stereocenters. The van der Waals surface area contributed by atoms with Crippen molar-refractivity contribution in [3.8, 4) is 0 Å². The molecule has 0 aliphatic carbocycles. The molecule has 2 N–H and O–H groups in total. The molecule has 1 fully saturated rings. The Bertz CT molecular complexity index is 327. The summed E-state index contributed by atoms with van der Waals surface area (Å²) in [7, 11) is 0. The van der Waals surface area contributed by atoms with Crippen LogP contribution >= 0.6 is 0 Å². The summed E-state index contributed by atoms with van der Waals surface area (Å²) in [6, 6.07) is 8.20. The van der Waals surface area contributed by atoms with Gasteiger partial charge < -0.3 is 15.2 Å². The van der Waals surface area contributed by atoms with E-state index in [2.05, 4.69) is 12.2 Å². The molecular weight excluding hydrogens is 190 g/mol. The first kappa shape index (κ1) is 10.5. The van der Waals surface area contributed by atoms with E-state index in [9.17, 15) is 5.11 Å². The van der Waals surface area contributed by atoms with Gasteiger partial charge in [0.2, 0.25) is 0 Å². The van der Waals surface area contributed by atoms with Crippen LogP contribution in [0.3, 0.4) is 0 Å². The summed E-state index contributed by atoms with van der Waals surface area (Å²) >= 11 is 0. The van der Waals surface area contributed by atoms with Crippen LogP contribution in [0.1, 0.15) is 18.9 Å². The number of benzene rings is 1. The number of aliphatic hydroxyl groups excluding tert-OH is 1. The largest absolute Gasteiger partial charge is 0.392 e. The highest BCUT2D eigenvalue weighted by Gasteiger charge is 2.24. The van der Waals surface area contributed by atoms with Gasteiger partial charge in [-0.05, 0) is 19.4 Å². The molecule has 1 saturated heterocycles. The van der Waals surface area contributed by atoms with E-state index in [0.717, 1.165) is 24.3 Å². The van der Waals surface area contributed by atoms with Crippen molar-refractivity contribution in [1.29, 1.82) is 0 Å². The molecule has 0 spiro atoms. The molecule has 1 heterocycles. The van der Waals surface area contributed by atoms with Crippen LogP contribution in [0.4, 0.5) is 5.69 Å². The topological polar surface area (TPSA) is 41.5 Å². The van der Waals surface area contributed by atoms with Crippen molar-refractivity contribution in [2.45, 2.75) is 32.1 Å². The van der Waals surface area contributed by atoms with Crippen molar-refractivity contribution >= 4 is 5.69 Å². The molecule has 0 unspecified atom stereocenters. The maximum Gasteiger partial charge on any atom is 0.0748 e. The van der Waals surface area contributed by atoms with Crippen molar-refractivity contribution in [2.24, 2.45) is 0 Å². The van der Waals surface area contributed by atoms with E-state index in [-0.39, 0.29) is 12.7 Å². The maximum atomic E-state index is 9.19. The molecule has 15 heavy (non-hydrogen) atoms. The van der Waals surface area contributed by atoms with Crippen molar-refractivity contribution < 1.29 is 9.84 Å². The molecule has 1 aliphatic rings. The lowest BCUT2D eigenvalue weighted by molar-refractivity contribution is 0.121. The first-order chi connectivity index (χ1) is 7.31. The zero-order valence-electron chi connectivity index (χ0n) is 8.94. The highest BCUT2D eigenvalue weighted by Crippen LogP contribution is 2.21. The second-order valence-corrected chi connectivity index (χ2v) is 3.93. The van der Waals surface area contributed by atoms with Gasteiger partial charge in [0.15, 0.2) is 0 Å². The molecule has 1 aliphatic heterocycles. The first-order valence-electron chi connectivity index (χ1n) is 5.38. The van der Waals surface area contributed by atoms with Crippen LogP contribution in [0, 0.1) is 0 Å². The van der Waals surface area contributed by atoms with Gasteiger partial charge in [-0.2, -0.15) is 0 Å². The normalized spacial score (nSPS) is 25.5. The van der Waals surface area contributed by atoms with E-state index in [1.165, 1.54) is 0 Å². The molecule has 2 rings (SSSR count). The van der Waals surface area contributed by atoms with Gasteiger partial charge in [0.1, 0.15) is 0 Å². The van der Waals surface area contributed by atoms with Gasteiger partial charge in [0, 0.05) is 17.9 Å². The summed E-state index contributed by atoms with van der Waals surface area (Å²) in [5, 5.41) is 12.6. The Balaban J connectivity index is 2.09. The number of hydrogen-bond donors (Lipinski definition) is 2. The third kappa shape index (κ3) is 2.30. The van der Waals surface area contributed by atoms with Crippen LogP contribution in [0.2, 0.25) is 0 Å². The summed E-state index contributed by atoms with van der Waals surface area (Å²) in [4.78, 5) is 0. The van der Waals surface area contributed by atoms with Crippen LogP contribution < -0.4 is 5.32 Å². The molecule has 3 nitrogen and oxygen atoms in total. The summed E-state index contributed by atoms with van der Waals surface area (Å²) in [6.45, 7) is 2.97. The van der Waals surface area contributed by atoms with E-state index in [0.29, 0.717) is 6.04 Å². The Labute approximate surface area is 90.1 Å². The molecule has 1 aromatic carbocycles. The number of rotatable bonds is 3. The molecule has 0 amide bonds. The van der Waals surface area contributed by atoms with Crippen LogP contribution in [0.25, 0.3) is 0 Å². The monoisotopic (exact) mass is 207 g/mol. The van der Waals surface area contributed by atoms with Gasteiger partial charge in [-0.3, -0.25) is 0 Å². The number of para-hydroxylation sites is 1. The lowest BCUT2D eigenvalue weighted by Crippen LogP contribution is -2.27. The SMILES string of the molecule is C[C@H]1OCC[C@@H]1Nc1ccccc1CO. The Morgan fingerprint density at radius 2 is 2.27 bits per heavy atom. The lowest BCUT2D eigenvalue weighted by atomic mass is 10.1. The maximum absolute atomic E-state index is 9.19. The second-order valence-electron chi connectivity index (χ2n) is 3.93. The van der Waals surface area contributed by atoms with Gasteiger partial charge in [-0.25, -0.2) is 0 Å². The van der Waals surface area contributed by atoms with Crippen LogP contribution in [0.15, 0.2) is 24.3 Å².